The summed E-state index contributed by atoms with van der Waals surface area (Å²) in [4.78, 5) is 40.4. The molecule has 0 saturated carbocycles. The third-order valence-electron chi connectivity index (χ3n) is 4.92. The SMILES string of the molecule is CN(C)Cc1cnnn1-c1cccc(C(=O)CC(=O)Nc2cc(Cl)c(N(C)C)cc2NC(=O)O)c1. The van der Waals surface area contributed by atoms with E-state index in [4.69, 9.17) is 16.7 Å². The number of nitrogens with one attached hydrogen (secondary N) is 2. The number of Topliss-reactive ketones (excluding diaryl/α,β-unsaturated/α-hetero) is 1. The smallest absolute Gasteiger partial charge is 0.409 e. The minimum Gasteiger partial charge on any atom is -0.465 e. The van der Waals surface area contributed by atoms with Crippen molar-refractivity contribution >= 4 is 46.4 Å². The molecule has 0 unspecified atom stereocenters. The van der Waals surface area contributed by atoms with Crippen LogP contribution in [0.15, 0.2) is 42.6 Å². The third kappa shape index (κ3) is 6.55. The van der Waals surface area contributed by atoms with E-state index in [2.05, 4.69) is 20.9 Å². The van der Waals surface area contributed by atoms with Crippen molar-refractivity contribution in [3.05, 3.63) is 58.9 Å². The molecular weight excluding hydrogens is 474 g/mol. The van der Waals surface area contributed by atoms with Crippen molar-refractivity contribution in [1.82, 2.24) is 19.9 Å². The Bertz CT molecular complexity index is 1260. The first-order chi connectivity index (χ1) is 16.5. The van der Waals surface area contributed by atoms with Crippen LogP contribution in [0.5, 0.6) is 0 Å². The molecule has 1 aromatic heterocycles. The number of ketones is 1. The third-order valence-corrected chi connectivity index (χ3v) is 5.22. The van der Waals surface area contributed by atoms with Gasteiger partial charge in [0.1, 0.15) is 0 Å². The quantitative estimate of drug-likeness (QED) is 0.301. The van der Waals surface area contributed by atoms with Crippen LogP contribution in [0.2, 0.25) is 5.02 Å². The fourth-order valence-corrected chi connectivity index (χ4v) is 3.72. The maximum atomic E-state index is 12.8. The standard InChI is InChI=1S/C23H26ClN7O4/c1-29(2)13-16-12-25-28-31(16)15-7-5-6-14(8-15)21(32)11-22(33)26-18-9-17(24)20(30(3)4)10-19(18)27-23(34)35/h5-10,12,27H,11,13H2,1-4H3,(H,26,33)(H,34,35). The van der Waals surface area contributed by atoms with Gasteiger partial charge < -0.3 is 20.2 Å². The molecule has 0 spiro atoms. The van der Waals surface area contributed by atoms with Crippen LogP contribution in [0.25, 0.3) is 5.69 Å². The minimum absolute atomic E-state index is 0.132. The number of benzene rings is 2. The number of hydrogen-bond acceptors (Lipinski definition) is 7. The predicted octanol–water partition coefficient (Wildman–Crippen LogP) is 3.35. The number of carbonyl (C=O) groups excluding carboxylic acids is 2. The van der Waals surface area contributed by atoms with Gasteiger partial charge in [-0.2, -0.15) is 0 Å². The molecule has 0 atom stereocenters. The lowest BCUT2D eigenvalue weighted by atomic mass is 10.1. The van der Waals surface area contributed by atoms with Crippen LogP contribution in [0.3, 0.4) is 0 Å². The first-order valence-corrected chi connectivity index (χ1v) is 10.9. The zero-order chi connectivity index (χ0) is 25.7. The van der Waals surface area contributed by atoms with Crippen LogP contribution >= 0.6 is 11.6 Å². The molecule has 3 rings (SSSR count). The van der Waals surface area contributed by atoms with Crippen LogP contribution in [-0.4, -0.2) is 71.0 Å². The van der Waals surface area contributed by atoms with Crippen molar-refractivity contribution in [2.45, 2.75) is 13.0 Å². The maximum Gasteiger partial charge on any atom is 0.409 e. The fourth-order valence-electron chi connectivity index (χ4n) is 3.39. The molecule has 0 aliphatic rings. The Morgan fingerprint density at radius 3 is 2.43 bits per heavy atom. The second-order valence-corrected chi connectivity index (χ2v) is 8.65. The predicted molar refractivity (Wildman–Crippen MR) is 134 cm³/mol. The van der Waals surface area contributed by atoms with E-state index in [-0.39, 0.29) is 11.4 Å². The van der Waals surface area contributed by atoms with Crippen molar-refractivity contribution in [3.8, 4) is 5.69 Å². The van der Waals surface area contributed by atoms with Gasteiger partial charge in [0.25, 0.3) is 0 Å². The first kappa shape index (κ1) is 25.7. The van der Waals surface area contributed by atoms with Gasteiger partial charge in [-0.25, -0.2) is 9.48 Å². The summed E-state index contributed by atoms with van der Waals surface area (Å²) in [5.41, 5.74) is 2.65. The van der Waals surface area contributed by atoms with Gasteiger partial charge in [-0.15, -0.1) is 5.10 Å². The summed E-state index contributed by atoms with van der Waals surface area (Å²) >= 11 is 6.28. The van der Waals surface area contributed by atoms with Gasteiger partial charge in [0.2, 0.25) is 5.91 Å². The average molecular weight is 500 g/mol. The highest BCUT2D eigenvalue weighted by Gasteiger charge is 2.18. The van der Waals surface area contributed by atoms with E-state index < -0.39 is 24.2 Å². The van der Waals surface area contributed by atoms with E-state index >= 15 is 0 Å². The van der Waals surface area contributed by atoms with Gasteiger partial charge in [-0.3, -0.25) is 14.9 Å². The molecule has 3 aromatic rings. The molecule has 3 N–H and O–H groups in total. The van der Waals surface area contributed by atoms with E-state index in [9.17, 15) is 14.4 Å². The Morgan fingerprint density at radius 1 is 1.06 bits per heavy atom. The molecule has 0 aliphatic carbocycles. The number of carbonyl (C=O) groups is 3. The number of aromatic nitrogens is 3. The highest BCUT2D eigenvalue weighted by Crippen LogP contribution is 2.34. The highest BCUT2D eigenvalue weighted by atomic mass is 35.5. The normalized spacial score (nSPS) is 10.8. The first-order valence-electron chi connectivity index (χ1n) is 10.5. The minimum atomic E-state index is -1.30. The van der Waals surface area contributed by atoms with Crippen molar-refractivity contribution in [3.63, 3.8) is 0 Å². The Labute approximate surface area is 207 Å². The summed E-state index contributed by atoms with van der Waals surface area (Å²) in [5, 5.41) is 22.3. The van der Waals surface area contributed by atoms with Gasteiger partial charge in [-0.1, -0.05) is 28.9 Å². The van der Waals surface area contributed by atoms with E-state index in [1.54, 1.807) is 54.1 Å². The molecule has 0 bridgehead atoms. The molecule has 1 heterocycles. The summed E-state index contributed by atoms with van der Waals surface area (Å²) in [6.07, 6.45) is -0.107. The zero-order valence-corrected chi connectivity index (χ0v) is 20.5. The molecular formula is C23H26ClN7O4. The van der Waals surface area contributed by atoms with Crippen LogP contribution in [0.1, 0.15) is 22.5 Å². The summed E-state index contributed by atoms with van der Waals surface area (Å²) in [6, 6.07) is 9.69. The topological polar surface area (TPSA) is 133 Å². The molecule has 184 valence electrons. The maximum absolute atomic E-state index is 12.8. The van der Waals surface area contributed by atoms with Crippen molar-refractivity contribution in [2.24, 2.45) is 0 Å². The van der Waals surface area contributed by atoms with Crippen LogP contribution in [-0.2, 0) is 11.3 Å². The molecule has 0 aliphatic heterocycles. The largest absolute Gasteiger partial charge is 0.465 e. The highest BCUT2D eigenvalue weighted by molar-refractivity contribution is 6.34. The van der Waals surface area contributed by atoms with Gasteiger partial charge >= 0.3 is 6.09 Å². The molecule has 12 heteroatoms. The molecule has 35 heavy (non-hydrogen) atoms. The van der Waals surface area contributed by atoms with Crippen LogP contribution in [0.4, 0.5) is 21.9 Å². The fraction of sp³-hybridized carbons (Fsp3) is 0.261. The van der Waals surface area contributed by atoms with Crippen LogP contribution < -0.4 is 15.5 Å². The van der Waals surface area contributed by atoms with Gasteiger partial charge in [0, 0.05) is 26.2 Å². The Hall–Kier alpha value is -3.96. The van der Waals surface area contributed by atoms with Crippen LogP contribution in [0, 0.1) is 0 Å². The Balaban J connectivity index is 1.78. The number of nitrogens with zero attached hydrogens (tertiary/aromatic N) is 5. The average Bonchev–Trinajstić information content (AvgIpc) is 3.22. The molecule has 2 aromatic carbocycles. The molecule has 0 saturated heterocycles. The number of hydrogen-bond donors (Lipinski definition) is 3. The number of amides is 2. The number of rotatable bonds is 9. The number of halogens is 1. The summed E-state index contributed by atoms with van der Waals surface area (Å²) in [5.74, 6) is -1.03. The second-order valence-electron chi connectivity index (χ2n) is 8.25. The molecule has 2 amide bonds. The van der Waals surface area contributed by atoms with Crippen molar-refractivity contribution < 1.29 is 19.5 Å². The molecule has 0 fully saturated rings. The Morgan fingerprint density at radius 2 is 1.77 bits per heavy atom. The monoisotopic (exact) mass is 499 g/mol. The molecule has 11 nitrogen and oxygen atoms in total. The van der Waals surface area contributed by atoms with E-state index in [0.717, 1.165) is 5.69 Å². The van der Waals surface area contributed by atoms with Gasteiger partial charge in [-0.05, 0) is 38.4 Å². The van der Waals surface area contributed by atoms with Gasteiger partial charge in [0.15, 0.2) is 5.78 Å². The number of carboxylic acid groups (broad SMARTS) is 1. The van der Waals surface area contributed by atoms with E-state index in [1.165, 1.54) is 12.1 Å². The Kier molecular flexibility index (Phi) is 8.05. The summed E-state index contributed by atoms with van der Waals surface area (Å²) in [7, 11) is 7.35. The second kappa shape index (κ2) is 11.0. The lowest BCUT2D eigenvalue weighted by Crippen LogP contribution is -2.19. The molecule has 0 radical (unpaired) electrons. The summed E-state index contributed by atoms with van der Waals surface area (Å²) in [6.45, 7) is 0.607. The van der Waals surface area contributed by atoms with Crippen molar-refractivity contribution in [1.29, 1.82) is 0 Å². The lowest BCUT2D eigenvalue weighted by Gasteiger charge is -2.19. The summed E-state index contributed by atoms with van der Waals surface area (Å²) < 4.78 is 1.63. The van der Waals surface area contributed by atoms with E-state index in [1.807, 2.05) is 19.0 Å². The zero-order valence-electron chi connectivity index (χ0n) is 19.7. The lowest BCUT2D eigenvalue weighted by molar-refractivity contribution is -0.115. The number of anilines is 3. The van der Waals surface area contributed by atoms with Gasteiger partial charge in [0.05, 0.1) is 46.1 Å². The van der Waals surface area contributed by atoms with E-state index in [0.29, 0.717) is 28.5 Å². The van der Waals surface area contributed by atoms with Crippen molar-refractivity contribution in [2.75, 3.05) is 43.7 Å².